The van der Waals surface area contributed by atoms with Gasteiger partial charge in [-0.3, -0.25) is 0 Å². The summed E-state index contributed by atoms with van der Waals surface area (Å²) >= 11 is 1.32. The van der Waals surface area contributed by atoms with Gasteiger partial charge in [-0.25, -0.2) is 9.78 Å². The molecule has 4 nitrogen and oxygen atoms in total. The number of carboxylic acid groups (broad SMARTS) is 1. The van der Waals surface area contributed by atoms with E-state index < -0.39 is 5.97 Å². The van der Waals surface area contributed by atoms with Gasteiger partial charge in [0.1, 0.15) is 4.88 Å². The third kappa shape index (κ3) is 2.76. The Labute approximate surface area is 118 Å². The molecule has 0 bridgehead atoms. The van der Waals surface area contributed by atoms with Gasteiger partial charge in [-0.1, -0.05) is 32.1 Å². The first-order valence-corrected chi connectivity index (χ1v) is 7.75. The maximum atomic E-state index is 11.2. The zero-order valence-corrected chi connectivity index (χ0v) is 12.8. The quantitative estimate of drug-likeness (QED) is 0.924. The Bertz CT molecular complexity index is 472. The smallest absolute Gasteiger partial charge is 0.347 e. The van der Waals surface area contributed by atoms with Crippen LogP contribution in [-0.2, 0) is 6.42 Å². The summed E-state index contributed by atoms with van der Waals surface area (Å²) in [5, 5.41) is 10.1. The summed E-state index contributed by atoms with van der Waals surface area (Å²) in [6, 6.07) is 0.425. The average molecular weight is 282 g/mol. The summed E-state index contributed by atoms with van der Waals surface area (Å²) in [7, 11) is 0. The van der Waals surface area contributed by atoms with Gasteiger partial charge < -0.3 is 10.0 Å². The van der Waals surface area contributed by atoms with Crippen molar-refractivity contribution in [2.24, 2.45) is 11.8 Å². The maximum Gasteiger partial charge on any atom is 0.347 e. The van der Waals surface area contributed by atoms with E-state index in [2.05, 4.69) is 30.7 Å². The summed E-state index contributed by atoms with van der Waals surface area (Å²) in [5.41, 5.74) is 0.713. The summed E-state index contributed by atoms with van der Waals surface area (Å²) in [4.78, 5) is 18.5. The van der Waals surface area contributed by atoms with Crippen LogP contribution in [0.25, 0.3) is 0 Å². The molecule has 0 saturated carbocycles. The Balaban J connectivity index is 2.32. The number of carbonyl (C=O) groups is 1. The zero-order chi connectivity index (χ0) is 14.2. The van der Waals surface area contributed by atoms with E-state index in [4.69, 9.17) is 0 Å². The molecule has 0 amide bonds. The second-order valence-corrected chi connectivity index (χ2v) is 6.62. The molecule has 1 aromatic rings. The zero-order valence-electron chi connectivity index (χ0n) is 12.0. The molecule has 0 aromatic carbocycles. The van der Waals surface area contributed by atoms with Crippen molar-refractivity contribution in [3.63, 3.8) is 0 Å². The fraction of sp³-hybridized carbons (Fsp3) is 0.714. The highest BCUT2D eigenvalue weighted by molar-refractivity contribution is 7.17. The van der Waals surface area contributed by atoms with Gasteiger partial charge in [-0.15, -0.1) is 0 Å². The summed E-state index contributed by atoms with van der Waals surface area (Å²) in [5.74, 6) is 0.394. The largest absolute Gasteiger partial charge is 0.477 e. The average Bonchev–Trinajstić information content (AvgIpc) is 2.77. The number of hydrogen-bond donors (Lipinski definition) is 1. The van der Waals surface area contributed by atoms with Crippen LogP contribution in [0, 0.1) is 11.8 Å². The molecule has 5 heteroatoms. The second kappa shape index (κ2) is 5.49. The van der Waals surface area contributed by atoms with Gasteiger partial charge in [-0.2, -0.15) is 0 Å². The maximum absolute atomic E-state index is 11.2. The lowest BCUT2D eigenvalue weighted by atomic mass is 9.86. The number of carboxylic acids is 1. The minimum Gasteiger partial charge on any atom is -0.477 e. The molecule has 0 spiro atoms. The normalized spacial score (nSPS) is 27.6. The fourth-order valence-electron chi connectivity index (χ4n) is 2.84. The van der Waals surface area contributed by atoms with Gasteiger partial charge in [-0.05, 0) is 31.6 Å². The predicted molar refractivity (Wildman–Crippen MR) is 78.2 cm³/mol. The summed E-state index contributed by atoms with van der Waals surface area (Å²) < 4.78 is 0. The Morgan fingerprint density at radius 3 is 2.68 bits per heavy atom. The highest BCUT2D eigenvalue weighted by Gasteiger charge is 2.31. The van der Waals surface area contributed by atoms with Crippen LogP contribution >= 0.6 is 11.3 Å². The topological polar surface area (TPSA) is 53.4 Å². The van der Waals surface area contributed by atoms with Crippen LogP contribution in [0.15, 0.2) is 0 Å². The van der Waals surface area contributed by atoms with Crippen molar-refractivity contribution in [2.75, 3.05) is 11.4 Å². The van der Waals surface area contributed by atoms with Crippen LogP contribution < -0.4 is 4.90 Å². The number of hydrogen-bond acceptors (Lipinski definition) is 4. The first-order chi connectivity index (χ1) is 8.93. The number of thiazole rings is 1. The molecule has 3 atom stereocenters. The van der Waals surface area contributed by atoms with E-state index in [-0.39, 0.29) is 0 Å². The van der Waals surface area contributed by atoms with E-state index in [9.17, 15) is 9.90 Å². The van der Waals surface area contributed by atoms with E-state index in [1.165, 1.54) is 17.8 Å². The minimum atomic E-state index is -0.855. The molecule has 0 aliphatic carbocycles. The van der Waals surface area contributed by atoms with Crippen LogP contribution in [0.2, 0.25) is 0 Å². The van der Waals surface area contributed by atoms with Crippen molar-refractivity contribution in [1.29, 1.82) is 0 Å². The summed E-state index contributed by atoms with van der Waals surface area (Å²) in [6.07, 6.45) is 1.90. The fourth-order valence-corrected chi connectivity index (χ4v) is 3.93. The number of nitrogens with zero attached hydrogens (tertiary/aromatic N) is 2. The third-order valence-electron chi connectivity index (χ3n) is 4.06. The first kappa shape index (κ1) is 14.3. The van der Waals surface area contributed by atoms with E-state index in [1.807, 2.05) is 6.92 Å². The van der Waals surface area contributed by atoms with Crippen LogP contribution in [0.5, 0.6) is 0 Å². The third-order valence-corrected chi connectivity index (χ3v) is 5.18. The minimum absolute atomic E-state index is 0.399. The van der Waals surface area contributed by atoms with Crippen LogP contribution in [0.3, 0.4) is 0 Å². The molecule has 1 saturated heterocycles. The van der Waals surface area contributed by atoms with E-state index in [0.29, 0.717) is 34.9 Å². The Morgan fingerprint density at radius 2 is 2.16 bits per heavy atom. The van der Waals surface area contributed by atoms with Gasteiger partial charge in [0, 0.05) is 12.6 Å². The van der Waals surface area contributed by atoms with Gasteiger partial charge in [0.2, 0.25) is 0 Å². The molecule has 1 aliphatic rings. The van der Waals surface area contributed by atoms with Crippen molar-refractivity contribution in [3.05, 3.63) is 10.6 Å². The van der Waals surface area contributed by atoms with Crippen molar-refractivity contribution in [1.82, 2.24) is 4.98 Å². The lowest BCUT2D eigenvalue weighted by Crippen LogP contribution is -2.45. The Morgan fingerprint density at radius 1 is 1.47 bits per heavy atom. The molecule has 1 aliphatic heterocycles. The number of aromatic carboxylic acids is 1. The lowest BCUT2D eigenvalue weighted by Gasteiger charge is -2.41. The molecule has 106 valence electrons. The molecule has 2 rings (SSSR count). The Hall–Kier alpha value is -1.10. The van der Waals surface area contributed by atoms with Crippen molar-refractivity contribution < 1.29 is 9.90 Å². The van der Waals surface area contributed by atoms with E-state index in [0.717, 1.165) is 11.7 Å². The Kier molecular flexibility index (Phi) is 4.13. The monoisotopic (exact) mass is 282 g/mol. The van der Waals surface area contributed by atoms with Crippen LogP contribution in [0.4, 0.5) is 5.13 Å². The molecular weight excluding hydrogens is 260 g/mol. The number of piperidine rings is 1. The first-order valence-electron chi connectivity index (χ1n) is 6.93. The molecule has 0 radical (unpaired) electrons. The molecule has 2 heterocycles. The SMILES string of the molecule is CCc1nc(N2CC(C)CC(C)C2C)sc1C(=O)O. The summed E-state index contributed by atoms with van der Waals surface area (Å²) in [6.45, 7) is 9.66. The van der Waals surface area contributed by atoms with Crippen molar-refractivity contribution in [2.45, 2.75) is 46.6 Å². The number of anilines is 1. The predicted octanol–water partition coefficient (Wildman–Crippen LogP) is 3.27. The molecule has 1 fully saturated rings. The standard InChI is InChI=1S/C14H22N2O2S/c1-5-11-12(13(17)18)19-14(15-11)16-7-8(2)6-9(3)10(16)4/h8-10H,5-7H2,1-4H3,(H,17,18). The van der Waals surface area contributed by atoms with Crippen molar-refractivity contribution in [3.8, 4) is 0 Å². The van der Waals surface area contributed by atoms with Gasteiger partial charge in [0.05, 0.1) is 5.69 Å². The second-order valence-electron chi connectivity index (χ2n) is 5.64. The van der Waals surface area contributed by atoms with Crippen molar-refractivity contribution >= 4 is 22.4 Å². The molecular formula is C14H22N2O2S. The molecule has 1 aromatic heterocycles. The van der Waals surface area contributed by atoms with Gasteiger partial charge >= 0.3 is 5.97 Å². The molecule has 1 N–H and O–H groups in total. The number of aromatic nitrogens is 1. The highest BCUT2D eigenvalue weighted by Crippen LogP contribution is 2.35. The van der Waals surface area contributed by atoms with E-state index >= 15 is 0 Å². The van der Waals surface area contributed by atoms with E-state index in [1.54, 1.807) is 0 Å². The molecule has 19 heavy (non-hydrogen) atoms. The van der Waals surface area contributed by atoms with Gasteiger partial charge in [0.15, 0.2) is 5.13 Å². The number of aryl methyl sites for hydroxylation is 1. The number of rotatable bonds is 3. The van der Waals surface area contributed by atoms with Crippen LogP contribution in [-0.4, -0.2) is 28.6 Å². The lowest BCUT2D eigenvalue weighted by molar-refractivity contribution is 0.0701. The van der Waals surface area contributed by atoms with Crippen LogP contribution in [0.1, 0.15) is 49.5 Å². The molecule has 3 unspecified atom stereocenters. The highest BCUT2D eigenvalue weighted by atomic mass is 32.1. The van der Waals surface area contributed by atoms with Gasteiger partial charge in [0.25, 0.3) is 0 Å².